The minimum Gasteiger partial charge on any atom is -0.0654 e. The fraction of sp³-hybridized carbons (Fsp3) is 0.962. The Morgan fingerprint density at radius 3 is 1.15 bits per heavy atom. The summed E-state index contributed by atoms with van der Waals surface area (Å²) in [5.74, 6) is 0.994. The van der Waals surface area contributed by atoms with Crippen LogP contribution in [0.4, 0.5) is 0 Å². The Bertz CT molecular complexity index is 232. The fourth-order valence-corrected chi connectivity index (χ4v) is 4.14. The Balaban J connectivity index is 3.14. The predicted octanol–water partition coefficient (Wildman–Crippen LogP) is 10.1. The van der Waals surface area contributed by atoms with E-state index in [4.69, 9.17) is 0 Å². The van der Waals surface area contributed by atoms with E-state index in [1.54, 1.807) is 0 Å². The van der Waals surface area contributed by atoms with Gasteiger partial charge in [-0.05, 0) is 5.92 Å². The number of rotatable bonds is 22. The van der Waals surface area contributed by atoms with E-state index >= 15 is 0 Å². The molecule has 0 aliphatic heterocycles. The highest BCUT2D eigenvalue weighted by Crippen LogP contribution is 2.21. The normalized spacial score (nSPS) is 12.6. The van der Waals surface area contributed by atoms with Crippen molar-refractivity contribution in [2.75, 3.05) is 0 Å². The van der Waals surface area contributed by atoms with E-state index in [0.29, 0.717) is 0 Å². The van der Waals surface area contributed by atoms with Crippen molar-refractivity contribution >= 4 is 0 Å². The van der Waals surface area contributed by atoms with Crippen molar-refractivity contribution in [3.63, 3.8) is 0 Å². The standard InChI is InChI=1S/C26H53/c1-4-7-9-10-11-12-13-14-15-16-17-18-19-20-21-23-25-26(6-3)24-22-8-5-2/h26H,2,4-25H2,1,3H3. The maximum absolute atomic E-state index is 3.96. The van der Waals surface area contributed by atoms with Gasteiger partial charge in [0.15, 0.2) is 0 Å². The van der Waals surface area contributed by atoms with Crippen LogP contribution in [0.1, 0.15) is 155 Å². The maximum Gasteiger partial charge on any atom is -0.0417 e. The number of hydrogen-bond donors (Lipinski definition) is 0. The molecule has 0 nitrogen and oxygen atoms in total. The van der Waals surface area contributed by atoms with E-state index in [1.807, 2.05) is 0 Å². The molecule has 0 aromatic carbocycles. The van der Waals surface area contributed by atoms with Gasteiger partial charge in [0.1, 0.15) is 0 Å². The summed E-state index contributed by atoms with van der Waals surface area (Å²) in [5.41, 5.74) is 0. The van der Waals surface area contributed by atoms with Crippen molar-refractivity contribution in [3.8, 4) is 0 Å². The zero-order valence-electron chi connectivity index (χ0n) is 18.8. The lowest BCUT2D eigenvalue weighted by Gasteiger charge is -2.14. The molecule has 0 fully saturated rings. The first-order valence-electron chi connectivity index (χ1n) is 12.6. The Morgan fingerprint density at radius 1 is 0.462 bits per heavy atom. The summed E-state index contributed by atoms with van der Waals surface area (Å²) >= 11 is 0. The van der Waals surface area contributed by atoms with Gasteiger partial charge in [0.2, 0.25) is 0 Å². The van der Waals surface area contributed by atoms with Crippen LogP contribution in [0.5, 0.6) is 0 Å². The predicted molar refractivity (Wildman–Crippen MR) is 122 cm³/mol. The van der Waals surface area contributed by atoms with Crippen LogP contribution in [-0.2, 0) is 0 Å². The van der Waals surface area contributed by atoms with Crippen LogP contribution >= 0.6 is 0 Å². The molecule has 0 heteroatoms. The molecule has 0 rings (SSSR count). The molecule has 0 amide bonds. The molecule has 0 spiro atoms. The highest BCUT2D eigenvalue weighted by Gasteiger charge is 2.05. The summed E-state index contributed by atoms with van der Waals surface area (Å²) in [6.07, 6.45) is 31.7. The molecule has 1 radical (unpaired) electrons. The second kappa shape index (κ2) is 23.0. The second-order valence-electron chi connectivity index (χ2n) is 8.72. The van der Waals surface area contributed by atoms with Crippen LogP contribution in [0, 0.1) is 12.8 Å². The van der Waals surface area contributed by atoms with Crippen LogP contribution in [0.15, 0.2) is 0 Å². The van der Waals surface area contributed by atoms with Crippen molar-refractivity contribution in [1.82, 2.24) is 0 Å². The lowest BCUT2D eigenvalue weighted by Crippen LogP contribution is -1.99. The third kappa shape index (κ3) is 20.3. The van der Waals surface area contributed by atoms with Gasteiger partial charge in [-0.3, -0.25) is 0 Å². The lowest BCUT2D eigenvalue weighted by atomic mass is 9.92. The highest BCUT2D eigenvalue weighted by molar-refractivity contribution is 4.59. The summed E-state index contributed by atoms with van der Waals surface area (Å²) in [6.45, 7) is 8.63. The molecule has 0 bridgehead atoms. The maximum atomic E-state index is 3.96. The van der Waals surface area contributed by atoms with E-state index < -0.39 is 0 Å². The molecule has 0 aromatic heterocycles. The summed E-state index contributed by atoms with van der Waals surface area (Å²) in [5, 5.41) is 0. The minimum absolute atomic E-state index is 0.994. The van der Waals surface area contributed by atoms with Crippen LogP contribution < -0.4 is 0 Å². The van der Waals surface area contributed by atoms with Crippen molar-refractivity contribution in [3.05, 3.63) is 6.92 Å². The molecule has 0 saturated carbocycles. The zero-order chi connectivity index (χ0) is 19.1. The molecule has 0 aliphatic rings. The van der Waals surface area contributed by atoms with Gasteiger partial charge >= 0.3 is 0 Å². The van der Waals surface area contributed by atoms with E-state index in [9.17, 15) is 0 Å². The molecule has 0 heterocycles. The molecule has 1 unspecified atom stereocenters. The molecule has 157 valence electrons. The smallest absolute Gasteiger partial charge is 0.0417 e. The van der Waals surface area contributed by atoms with Crippen LogP contribution in [0.2, 0.25) is 0 Å². The van der Waals surface area contributed by atoms with Gasteiger partial charge in [0.05, 0.1) is 0 Å². The largest absolute Gasteiger partial charge is 0.0654 e. The van der Waals surface area contributed by atoms with Crippen molar-refractivity contribution in [2.45, 2.75) is 155 Å². The summed E-state index contributed by atoms with van der Waals surface area (Å²) in [7, 11) is 0. The van der Waals surface area contributed by atoms with E-state index in [1.165, 1.54) is 135 Å². The van der Waals surface area contributed by atoms with E-state index in [2.05, 4.69) is 20.8 Å². The monoisotopic (exact) mass is 365 g/mol. The van der Waals surface area contributed by atoms with Gasteiger partial charge in [-0.15, -0.1) is 0 Å². The van der Waals surface area contributed by atoms with Crippen molar-refractivity contribution in [2.24, 2.45) is 5.92 Å². The quantitative estimate of drug-likeness (QED) is 0.167. The molecular formula is C26H53. The third-order valence-electron chi connectivity index (χ3n) is 6.16. The Labute approximate surface area is 168 Å². The first-order valence-corrected chi connectivity index (χ1v) is 12.6. The van der Waals surface area contributed by atoms with Crippen LogP contribution in [0.3, 0.4) is 0 Å². The number of hydrogen-bond acceptors (Lipinski definition) is 0. The van der Waals surface area contributed by atoms with Gasteiger partial charge in [-0.25, -0.2) is 0 Å². The summed E-state index contributed by atoms with van der Waals surface area (Å²) in [6, 6.07) is 0. The fourth-order valence-electron chi connectivity index (χ4n) is 4.14. The van der Waals surface area contributed by atoms with Crippen molar-refractivity contribution < 1.29 is 0 Å². The Morgan fingerprint density at radius 2 is 0.808 bits per heavy atom. The summed E-state index contributed by atoms with van der Waals surface area (Å²) < 4.78 is 0. The first kappa shape index (κ1) is 26.0. The van der Waals surface area contributed by atoms with Gasteiger partial charge in [-0.2, -0.15) is 0 Å². The zero-order valence-corrected chi connectivity index (χ0v) is 18.8. The molecule has 1 atom stereocenters. The van der Waals surface area contributed by atoms with Gasteiger partial charge in [0, 0.05) is 0 Å². The average molecular weight is 366 g/mol. The summed E-state index contributed by atoms with van der Waals surface area (Å²) in [4.78, 5) is 0. The van der Waals surface area contributed by atoms with Crippen molar-refractivity contribution in [1.29, 1.82) is 0 Å². The third-order valence-corrected chi connectivity index (χ3v) is 6.16. The topological polar surface area (TPSA) is 0 Å². The Kier molecular flexibility index (Phi) is 23.0. The van der Waals surface area contributed by atoms with Gasteiger partial charge in [-0.1, -0.05) is 162 Å². The molecule has 0 saturated heterocycles. The first-order chi connectivity index (χ1) is 12.8. The van der Waals surface area contributed by atoms with Crippen LogP contribution in [-0.4, -0.2) is 0 Å². The molecule has 26 heavy (non-hydrogen) atoms. The van der Waals surface area contributed by atoms with Gasteiger partial charge < -0.3 is 0 Å². The van der Waals surface area contributed by atoms with Crippen LogP contribution in [0.25, 0.3) is 0 Å². The van der Waals surface area contributed by atoms with E-state index in [-0.39, 0.29) is 0 Å². The highest BCUT2D eigenvalue weighted by atomic mass is 14.1. The lowest BCUT2D eigenvalue weighted by molar-refractivity contribution is 0.397. The average Bonchev–Trinajstić information content (AvgIpc) is 2.66. The van der Waals surface area contributed by atoms with E-state index in [0.717, 1.165) is 12.3 Å². The molecular weight excluding hydrogens is 312 g/mol. The molecule has 0 N–H and O–H groups in total. The number of unbranched alkanes of at least 4 members (excludes halogenated alkanes) is 17. The SMILES string of the molecule is [CH2]CCCCC(CC)CCCCCCCCCCCCCCCCCC. The molecule has 0 aromatic rings. The Hall–Kier alpha value is 0. The molecule has 0 aliphatic carbocycles. The minimum atomic E-state index is 0.994. The second-order valence-corrected chi connectivity index (χ2v) is 8.72. The van der Waals surface area contributed by atoms with Gasteiger partial charge in [0.25, 0.3) is 0 Å².